The third-order valence-corrected chi connectivity index (χ3v) is 4.51. The van der Waals surface area contributed by atoms with Crippen LogP contribution in [0.4, 0.5) is 0 Å². The Hall–Kier alpha value is -1.60. The number of carbonyl (C=O) groups excluding carboxylic acids is 1. The number of hydrogen-bond acceptors (Lipinski definition) is 4. The zero-order chi connectivity index (χ0) is 15.7. The molecule has 1 aliphatic rings. The van der Waals surface area contributed by atoms with E-state index in [4.69, 9.17) is 5.11 Å². The van der Waals surface area contributed by atoms with Gasteiger partial charge < -0.3 is 15.3 Å². The molecule has 0 saturated carbocycles. The fourth-order valence-electron chi connectivity index (χ4n) is 2.07. The highest BCUT2D eigenvalue weighted by molar-refractivity contribution is 9.11. The number of hydrogen-bond donors (Lipinski definition) is 3. The van der Waals surface area contributed by atoms with Crippen molar-refractivity contribution in [2.75, 3.05) is 0 Å². The summed E-state index contributed by atoms with van der Waals surface area (Å²) in [5, 5.41) is 28.8. The van der Waals surface area contributed by atoms with E-state index in [9.17, 15) is 19.8 Å². The van der Waals surface area contributed by atoms with Crippen LogP contribution >= 0.6 is 31.9 Å². The number of carboxylic acids is 1. The van der Waals surface area contributed by atoms with Crippen molar-refractivity contribution < 1.29 is 24.9 Å². The lowest BCUT2D eigenvalue weighted by Crippen LogP contribution is -2.23. The molecule has 0 radical (unpaired) electrons. The second-order valence-corrected chi connectivity index (χ2v) is 6.07. The molecule has 0 heterocycles. The number of aliphatic carboxylic acids is 1. The maximum Gasteiger partial charge on any atom is 0.332 e. The largest absolute Gasteiger partial charge is 0.506 e. The fourth-order valence-corrected chi connectivity index (χ4v) is 3.19. The molecule has 7 heteroatoms. The minimum absolute atomic E-state index is 0.0209. The number of rotatable bonds is 3. The maximum absolute atomic E-state index is 12.5. The first-order chi connectivity index (χ1) is 9.84. The summed E-state index contributed by atoms with van der Waals surface area (Å²) in [4.78, 5) is 23.7. The summed E-state index contributed by atoms with van der Waals surface area (Å²) >= 11 is 6.07. The summed E-state index contributed by atoms with van der Waals surface area (Å²) in [5.74, 6) is -3.22. The monoisotopic (exact) mass is 416 g/mol. The molecule has 0 bridgehead atoms. The molecular formula is C14H10Br2O5. The topological polar surface area (TPSA) is 94.8 Å². The Labute approximate surface area is 136 Å². The lowest BCUT2D eigenvalue weighted by molar-refractivity contribution is -0.133. The molecular weight excluding hydrogens is 408 g/mol. The number of carbonyl (C=O) groups is 2. The van der Waals surface area contributed by atoms with Crippen LogP contribution in [0, 0.1) is 5.92 Å². The van der Waals surface area contributed by atoms with Gasteiger partial charge in [-0.05, 0) is 44.3 Å². The van der Waals surface area contributed by atoms with Crippen LogP contribution in [0.15, 0.2) is 38.8 Å². The van der Waals surface area contributed by atoms with Crippen LogP contribution in [0.2, 0.25) is 0 Å². The van der Waals surface area contributed by atoms with E-state index in [1.54, 1.807) is 12.2 Å². The van der Waals surface area contributed by atoms with Crippen molar-refractivity contribution in [1.29, 1.82) is 0 Å². The van der Waals surface area contributed by atoms with E-state index in [1.165, 1.54) is 12.1 Å². The molecule has 110 valence electrons. The van der Waals surface area contributed by atoms with Crippen molar-refractivity contribution in [1.82, 2.24) is 0 Å². The van der Waals surface area contributed by atoms with Gasteiger partial charge in [0.1, 0.15) is 16.0 Å². The Kier molecular flexibility index (Phi) is 4.53. The number of phenols is 2. The third-order valence-electron chi connectivity index (χ3n) is 3.16. The van der Waals surface area contributed by atoms with E-state index >= 15 is 0 Å². The molecule has 1 unspecified atom stereocenters. The Morgan fingerprint density at radius 3 is 2.48 bits per heavy atom. The minimum atomic E-state index is -1.17. The van der Waals surface area contributed by atoms with Gasteiger partial charge in [-0.25, -0.2) is 4.79 Å². The van der Waals surface area contributed by atoms with E-state index < -0.39 is 23.4 Å². The second-order valence-electron chi connectivity index (χ2n) is 4.42. The standard InChI is InChI=1S/C14H10Br2O5/c15-9-5-8(12(18)10(16)13(9)19)11(17)6-3-1-2-4-7(6)14(20)21/h1-2,4-6,18-19H,3H2,(H,20,21). The number of halogens is 2. The first-order valence-corrected chi connectivity index (χ1v) is 7.47. The predicted molar refractivity (Wildman–Crippen MR) is 82.5 cm³/mol. The van der Waals surface area contributed by atoms with E-state index in [-0.39, 0.29) is 32.3 Å². The summed E-state index contributed by atoms with van der Waals surface area (Å²) in [6.45, 7) is 0. The van der Waals surface area contributed by atoms with Gasteiger partial charge in [0.15, 0.2) is 5.78 Å². The molecule has 21 heavy (non-hydrogen) atoms. The van der Waals surface area contributed by atoms with Gasteiger partial charge in [-0.2, -0.15) is 0 Å². The van der Waals surface area contributed by atoms with E-state index in [0.717, 1.165) is 0 Å². The summed E-state index contributed by atoms with van der Waals surface area (Å²) in [6, 6.07) is 1.27. The zero-order valence-electron chi connectivity index (χ0n) is 10.5. The van der Waals surface area contributed by atoms with Crippen molar-refractivity contribution in [2.24, 2.45) is 5.92 Å². The number of allylic oxidation sites excluding steroid dienone is 3. The lowest BCUT2D eigenvalue weighted by Gasteiger charge is -2.18. The van der Waals surface area contributed by atoms with Crippen LogP contribution in [0.5, 0.6) is 11.5 Å². The SMILES string of the molecule is O=C(O)C1=CC=CCC1C(=O)c1cc(Br)c(O)c(Br)c1O. The molecule has 1 aliphatic carbocycles. The highest BCUT2D eigenvalue weighted by atomic mass is 79.9. The smallest absolute Gasteiger partial charge is 0.332 e. The molecule has 0 fully saturated rings. The number of carboxylic acid groups (broad SMARTS) is 1. The Morgan fingerprint density at radius 1 is 1.19 bits per heavy atom. The molecule has 0 aliphatic heterocycles. The van der Waals surface area contributed by atoms with Crippen LogP contribution in [-0.4, -0.2) is 27.1 Å². The summed E-state index contributed by atoms with van der Waals surface area (Å²) < 4.78 is 0.204. The number of phenolic OH excluding ortho intramolecular Hbond substituents is 2. The third kappa shape index (κ3) is 2.89. The number of Topliss-reactive ketones (excluding diaryl/α,β-unsaturated/α-hetero) is 1. The van der Waals surface area contributed by atoms with Crippen molar-refractivity contribution in [3.63, 3.8) is 0 Å². The molecule has 1 aromatic carbocycles. The van der Waals surface area contributed by atoms with Crippen LogP contribution in [0.1, 0.15) is 16.8 Å². The quantitative estimate of drug-likeness (QED) is 0.655. The number of ketones is 1. The Balaban J connectivity index is 2.48. The molecule has 0 aromatic heterocycles. The van der Waals surface area contributed by atoms with Crippen LogP contribution in [0.25, 0.3) is 0 Å². The predicted octanol–water partition coefficient (Wildman–Crippen LogP) is 3.39. The van der Waals surface area contributed by atoms with Crippen molar-refractivity contribution in [3.05, 3.63) is 44.4 Å². The first-order valence-electron chi connectivity index (χ1n) is 5.88. The highest BCUT2D eigenvalue weighted by Crippen LogP contribution is 2.42. The van der Waals surface area contributed by atoms with Crippen LogP contribution in [-0.2, 0) is 4.79 Å². The second kappa shape index (κ2) is 6.03. The summed E-state index contributed by atoms with van der Waals surface area (Å²) in [6.07, 6.45) is 4.88. The van der Waals surface area contributed by atoms with Crippen LogP contribution in [0.3, 0.4) is 0 Å². The normalized spacial score (nSPS) is 17.4. The molecule has 0 amide bonds. The van der Waals surface area contributed by atoms with Gasteiger partial charge in [0.05, 0.1) is 16.0 Å². The maximum atomic E-state index is 12.5. The average molecular weight is 418 g/mol. The van der Waals surface area contributed by atoms with E-state index in [1.807, 2.05) is 0 Å². The molecule has 1 aromatic rings. The number of aromatic hydroxyl groups is 2. The van der Waals surface area contributed by atoms with Gasteiger partial charge in [-0.15, -0.1) is 0 Å². The Morgan fingerprint density at radius 2 is 1.86 bits per heavy atom. The highest BCUT2D eigenvalue weighted by Gasteiger charge is 2.31. The zero-order valence-corrected chi connectivity index (χ0v) is 13.7. The van der Waals surface area contributed by atoms with E-state index in [2.05, 4.69) is 31.9 Å². The minimum Gasteiger partial charge on any atom is -0.506 e. The first kappa shape index (κ1) is 15.8. The summed E-state index contributed by atoms with van der Waals surface area (Å²) in [7, 11) is 0. The van der Waals surface area contributed by atoms with Gasteiger partial charge in [0.2, 0.25) is 0 Å². The van der Waals surface area contributed by atoms with Gasteiger partial charge in [0, 0.05) is 5.57 Å². The average Bonchev–Trinajstić information content (AvgIpc) is 2.48. The van der Waals surface area contributed by atoms with Gasteiger partial charge in [-0.1, -0.05) is 18.2 Å². The fraction of sp³-hybridized carbons (Fsp3) is 0.143. The van der Waals surface area contributed by atoms with Gasteiger partial charge >= 0.3 is 5.97 Å². The van der Waals surface area contributed by atoms with Crippen molar-refractivity contribution in [3.8, 4) is 11.5 Å². The van der Waals surface area contributed by atoms with Crippen molar-refractivity contribution >= 4 is 43.6 Å². The summed E-state index contributed by atoms with van der Waals surface area (Å²) in [5.41, 5.74) is -0.0822. The molecule has 5 nitrogen and oxygen atoms in total. The van der Waals surface area contributed by atoms with E-state index in [0.29, 0.717) is 0 Å². The Bertz CT molecular complexity index is 691. The molecule has 2 rings (SSSR count). The van der Waals surface area contributed by atoms with Gasteiger partial charge in [-0.3, -0.25) is 4.79 Å². The van der Waals surface area contributed by atoms with Gasteiger partial charge in [0.25, 0.3) is 0 Å². The molecule has 1 atom stereocenters. The molecule has 3 N–H and O–H groups in total. The molecule has 0 saturated heterocycles. The lowest BCUT2D eigenvalue weighted by atomic mass is 9.84. The van der Waals surface area contributed by atoms with Crippen LogP contribution < -0.4 is 0 Å². The van der Waals surface area contributed by atoms with Crippen molar-refractivity contribution in [2.45, 2.75) is 6.42 Å². The molecule has 0 spiro atoms. The number of benzene rings is 1.